The van der Waals surface area contributed by atoms with Crippen LogP contribution in [0.3, 0.4) is 0 Å². The molecule has 4 aliphatic rings. The molecule has 1 heteroatoms. The van der Waals surface area contributed by atoms with Crippen molar-refractivity contribution in [2.24, 2.45) is 52.3 Å². The molecule has 3 fully saturated rings. The van der Waals surface area contributed by atoms with Gasteiger partial charge in [0, 0.05) is 12.8 Å². The standard InChI is InChI=1S/C28H44O/c1-18(2)19(3)7-8-20(4)24-11-12-25-23-10-9-21-17-22(29)13-15-27(21,5)26(23)14-16-28(24,25)6/h7-8,10,18-21,24-26H,9,11-17H2,1-6H3/b8-7-/t19-,20+,21+,24+,25-,26-,27-,28+/m0/s1. The Kier molecular flexibility index (Phi) is 5.67. The van der Waals surface area contributed by atoms with Gasteiger partial charge in [-0.15, -0.1) is 0 Å². The topological polar surface area (TPSA) is 17.1 Å². The van der Waals surface area contributed by atoms with E-state index in [9.17, 15) is 4.79 Å². The van der Waals surface area contributed by atoms with Gasteiger partial charge >= 0.3 is 0 Å². The minimum Gasteiger partial charge on any atom is -0.300 e. The molecule has 0 aliphatic heterocycles. The number of hydrogen-bond acceptors (Lipinski definition) is 1. The molecule has 8 atom stereocenters. The molecule has 29 heavy (non-hydrogen) atoms. The normalized spacial score (nSPS) is 44.2. The van der Waals surface area contributed by atoms with E-state index in [1.807, 2.05) is 5.57 Å². The number of allylic oxidation sites excluding steroid dienone is 4. The maximum absolute atomic E-state index is 12.1. The molecule has 0 bridgehead atoms. The Morgan fingerprint density at radius 1 is 0.966 bits per heavy atom. The number of rotatable bonds is 4. The van der Waals surface area contributed by atoms with E-state index in [2.05, 4.69) is 59.8 Å². The second-order valence-corrected chi connectivity index (χ2v) is 12.1. The minimum absolute atomic E-state index is 0.385. The van der Waals surface area contributed by atoms with Crippen molar-refractivity contribution < 1.29 is 4.79 Å². The van der Waals surface area contributed by atoms with Gasteiger partial charge in [-0.2, -0.15) is 0 Å². The molecule has 0 aromatic heterocycles. The second-order valence-electron chi connectivity index (χ2n) is 12.1. The molecule has 162 valence electrons. The summed E-state index contributed by atoms with van der Waals surface area (Å²) in [7, 11) is 0. The number of hydrogen-bond donors (Lipinski definition) is 0. The third-order valence-corrected chi connectivity index (χ3v) is 10.4. The molecular formula is C28H44O. The van der Waals surface area contributed by atoms with Gasteiger partial charge < -0.3 is 0 Å². The van der Waals surface area contributed by atoms with E-state index >= 15 is 0 Å². The molecule has 0 heterocycles. The zero-order valence-corrected chi connectivity index (χ0v) is 19.8. The highest BCUT2D eigenvalue weighted by Crippen LogP contribution is 2.66. The predicted octanol–water partition coefficient (Wildman–Crippen LogP) is 7.62. The summed E-state index contributed by atoms with van der Waals surface area (Å²) < 4.78 is 0. The number of fused-ring (bicyclic) bond motifs is 5. The first-order valence-electron chi connectivity index (χ1n) is 12.6. The summed E-state index contributed by atoms with van der Waals surface area (Å²) in [6.07, 6.45) is 17.2. The highest BCUT2D eigenvalue weighted by atomic mass is 16.1. The van der Waals surface area contributed by atoms with Crippen molar-refractivity contribution >= 4 is 5.78 Å². The Balaban J connectivity index is 1.55. The average Bonchev–Trinajstić information content (AvgIpc) is 3.03. The first kappa shape index (κ1) is 21.4. The van der Waals surface area contributed by atoms with Gasteiger partial charge in [0.1, 0.15) is 5.78 Å². The smallest absolute Gasteiger partial charge is 0.133 e. The molecule has 0 spiro atoms. The van der Waals surface area contributed by atoms with Crippen LogP contribution in [0.4, 0.5) is 0 Å². The summed E-state index contributed by atoms with van der Waals surface area (Å²) in [4.78, 5) is 12.1. The third kappa shape index (κ3) is 3.49. The van der Waals surface area contributed by atoms with Crippen LogP contribution in [0.1, 0.15) is 92.9 Å². The van der Waals surface area contributed by atoms with Crippen LogP contribution in [-0.4, -0.2) is 5.78 Å². The maximum Gasteiger partial charge on any atom is 0.133 e. The Morgan fingerprint density at radius 3 is 2.41 bits per heavy atom. The van der Waals surface area contributed by atoms with Crippen molar-refractivity contribution in [2.75, 3.05) is 0 Å². The van der Waals surface area contributed by atoms with Crippen LogP contribution in [0.5, 0.6) is 0 Å². The van der Waals surface area contributed by atoms with Gasteiger partial charge in [-0.1, -0.05) is 65.3 Å². The Morgan fingerprint density at radius 2 is 1.69 bits per heavy atom. The summed E-state index contributed by atoms with van der Waals surface area (Å²) in [5.74, 6) is 5.57. The molecule has 4 aliphatic carbocycles. The van der Waals surface area contributed by atoms with Gasteiger partial charge in [0.25, 0.3) is 0 Å². The number of ketones is 1. The first-order valence-corrected chi connectivity index (χ1v) is 12.6. The average molecular weight is 397 g/mol. The fourth-order valence-corrected chi connectivity index (χ4v) is 7.91. The van der Waals surface area contributed by atoms with Gasteiger partial charge in [-0.25, -0.2) is 0 Å². The van der Waals surface area contributed by atoms with Gasteiger partial charge in [-0.3, -0.25) is 4.79 Å². The molecule has 0 amide bonds. The lowest BCUT2D eigenvalue weighted by atomic mass is 9.48. The molecule has 0 N–H and O–H groups in total. The Labute approximate surface area is 179 Å². The van der Waals surface area contributed by atoms with E-state index in [0.717, 1.165) is 49.4 Å². The minimum atomic E-state index is 0.385. The molecular weight excluding hydrogens is 352 g/mol. The zero-order valence-electron chi connectivity index (χ0n) is 19.8. The van der Waals surface area contributed by atoms with Crippen LogP contribution in [0.25, 0.3) is 0 Å². The fraction of sp³-hybridized carbons (Fsp3) is 0.821. The van der Waals surface area contributed by atoms with Gasteiger partial charge in [0.05, 0.1) is 0 Å². The summed E-state index contributed by atoms with van der Waals surface area (Å²) in [6.45, 7) is 14.7. The van der Waals surface area contributed by atoms with Crippen LogP contribution in [-0.2, 0) is 4.79 Å². The lowest BCUT2D eigenvalue weighted by Gasteiger charge is -2.57. The van der Waals surface area contributed by atoms with Crippen LogP contribution in [0, 0.1) is 52.3 Å². The second kappa shape index (κ2) is 7.69. The summed E-state index contributed by atoms with van der Waals surface area (Å²) in [5.41, 5.74) is 2.68. The molecule has 0 aromatic carbocycles. The van der Waals surface area contributed by atoms with Gasteiger partial charge in [0.2, 0.25) is 0 Å². The summed E-state index contributed by atoms with van der Waals surface area (Å²) >= 11 is 0. The van der Waals surface area contributed by atoms with Crippen molar-refractivity contribution in [1.29, 1.82) is 0 Å². The van der Waals surface area contributed by atoms with Gasteiger partial charge in [0.15, 0.2) is 0 Å². The maximum atomic E-state index is 12.1. The van der Waals surface area contributed by atoms with Crippen molar-refractivity contribution in [1.82, 2.24) is 0 Å². The molecule has 0 radical (unpaired) electrons. The molecule has 0 aromatic rings. The largest absolute Gasteiger partial charge is 0.300 e. The number of Topliss-reactive ketones (excluding diaryl/α,β-unsaturated/α-hetero) is 1. The first-order chi connectivity index (χ1) is 13.7. The number of carbonyl (C=O) groups excluding carboxylic acids is 1. The van der Waals surface area contributed by atoms with Gasteiger partial charge in [-0.05, 0) is 90.8 Å². The monoisotopic (exact) mass is 396 g/mol. The zero-order chi connectivity index (χ0) is 21.0. The molecule has 0 unspecified atom stereocenters. The summed E-state index contributed by atoms with van der Waals surface area (Å²) in [6, 6.07) is 0. The van der Waals surface area contributed by atoms with Crippen molar-refractivity contribution in [3.05, 3.63) is 23.8 Å². The van der Waals surface area contributed by atoms with Crippen LogP contribution < -0.4 is 0 Å². The van der Waals surface area contributed by atoms with Crippen LogP contribution in [0.2, 0.25) is 0 Å². The predicted molar refractivity (Wildman–Crippen MR) is 123 cm³/mol. The Hall–Kier alpha value is -0.850. The Bertz CT molecular complexity index is 699. The fourth-order valence-electron chi connectivity index (χ4n) is 7.91. The van der Waals surface area contributed by atoms with Crippen LogP contribution >= 0.6 is 0 Å². The third-order valence-electron chi connectivity index (χ3n) is 10.4. The molecule has 1 nitrogen and oxygen atoms in total. The van der Waals surface area contributed by atoms with E-state index in [4.69, 9.17) is 0 Å². The van der Waals surface area contributed by atoms with Crippen molar-refractivity contribution in [2.45, 2.75) is 92.9 Å². The highest BCUT2D eigenvalue weighted by Gasteiger charge is 2.57. The SMILES string of the molecule is CC(C)[C@@H](C)/C=C\[C@@H](C)[C@H]1CC[C@H]2C3=CC[C@@H]4CC(=O)CC[C@]4(C)[C@H]3CC[C@]12C. The van der Waals surface area contributed by atoms with Crippen molar-refractivity contribution in [3.63, 3.8) is 0 Å². The lowest BCUT2D eigenvalue weighted by Crippen LogP contribution is -2.49. The van der Waals surface area contributed by atoms with E-state index in [1.54, 1.807) is 0 Å². The molecule has 3 saturated carbocycles. The highest BCUT2D eigenvalue weighted by molar-refractivity contribution is 5.79. The van der Waals surface area contributed by atoms with Crippen molar-refractivity contribution in [3.8, 4) is 0 Å². The van der Waals surface area contributed by atoms with E-state index in [0.29, 0.717) is 34.4 Å². The van der Waals surface area contributed by atoms with E-state index in [-0.39, 0.29) is 0 Å². The summed E-state index contributed by atoms with van der Waals surface area (Å²) in [5, 5.41) is 0. The lowest BCUT2D eigenvalue weighted by molar-refractivity contribution is -0.127. The van der Waals surface area contributed by atoms with E-state index in [1.165, 1.54) is 25.7 Å². The van der Waals surface area contributed by atoms with Crippen LogP contribution in [0.15, 0.2) is 23.8 Å². The quantitative estimate of drug-likeness (QED) is 0.447. The molecule has 4 rings (SSSR count). The van der Waals surface area contributed by atoms with E-state index < -0.39 is 0 Å². The molecule has 0 saturated heterocycles. The number of carbonyl (C=O) groups is 1.